The second kappa shape index (κ2) is 7.41. The highest BCUT2D eigenvalue weighted by Gasteiger charge is 2.21. The van der Waals surface area contributed by atoms with E-state index in [0.29, 0.717) is 5.56 Å². The van der Waals surface area contributed by atoms with Crippen LogP contribution < -0.4 is 5.14 Å². The molecule has 28 heavy (non-hydrogen) atoms. The largest absolute Gasteiger partial charge is 0.464 e. The molecule has 0 aliphatic carbocycles. The molecule has 1 amide bonds. The van der Waals surface area contributed by atoms with Crippen LogP contribution in [-0.4, -0.2) is 26.3 Å². The molecule has 2 N–H and O–H groups in total. The molecule has 2 aromatic carbocycles. The number of carbonyl (C=O) groups is 1. The van der Waals surface area contributed by atoms with Gasteiger partial charge in [0.1, 0.15) is 5.58 Å². The molecule has 3 rings (SSSR count). The summed E-state index contributed by atoms with van der Waals surface area (Å²) in [5.74, 6) is -0.0885. The summed E-state index contributed by atoms with van der Waals surface area (Å²) >= 11 is 0. The van der Waals surface area contributed by atoms with Crippen molar-refractivity contribution < 1.29 is 17.6 Å². The first-order valence-electron chi connectivity index (χ1n) is 8.94. The van der Waals surface area contributed by atoms with Crippen molar-refractivity contribution in [3.8, 4) is 0 Å². The SMILES string of the molecule is Cc1ccc2c(CC(=O)N(C)C(C)c3cccc(S(N)(=O)=O)c3)coc2c1C. The lowest BCUT2D eigenvalue weighted by Crippen LogP contribution is -2.31. The van der Waals surface area contributed by atoms with Gasteiger partial charge in [0.15, 0.2) is 0 Å². The van der Waals surface area contributed by atoms with Gasteiger partial charge in [-0.2, -0.15) is 0 Å². The number of nitrogens with two attached hydrogens (primary N) is 1. The van der Waals surface area contributed by atoms with E-state index in [0.717, 1.165) is 27.7 Å². The van der Waals surface area contributed by atoms with E-state index < -0.39 is 10.0 Å². The molecule has 1 heterocycles. The van der Waals surface area contributed by atoms with E-state index in [1.807, 2.05) is 32.9 Å². The van der Waals surface area contributed by atoms with E-state index >= 15 is 0 Å². The normalized spacial score (nSPS) is 12.9. The molecule has 0 saturated carbocycles. The lowest BCUT2D eigenvalue weighted by Gasteiger charge is -2.25. The fourth-order valence-corrected chi connectivity index (χ4v) is 3.77. The Hall–Kier alpha value is -2.64. The van der Waals surface area contributed by atoms with E-state index in [4.69, 9.17) is 9.56 Å². The number of likely N-dealkylation sites (N-methyl/N-ethyl adjacent to an activating group) is 1. The second-order valence-corrected chi connectivity index (χ2v) is 8.68. The fraction of sp³-hybridized carbons (Fsp3) is 0.286. The monoisotopic (exact) mass is 400 g/mol. The number of aryl methyl sites for hydroxylation is 2. The minimum atomic E-state index is -3.79. The van der Waals surface area contributed by atoms with Crippen LogP contribution in [0, 0.1) is 13.8 Å². The van der Waals surface area contributed by atoms with Gasteiger partial charge in [-0.25, -0.2) is 13.6 Å². The highest BCUT2D eigenvalue weighted by molar-refractivity contribution is 7.89. The van der Waals surface area contributed by atoms with Gasteiger partial charge < -0.3 is 9.32 Å². The Balaban J connectivity index is 1.83. The van der Waals surface area contributed by atoms with Crippen LogP contribution in [-0.2, 0) is 21.2 Å². The first kappa shape index (κ1) is 20.1. The Morgan fingerprint density at radius 2 is 1.93 bits per heavy atom. The number of benzene rings is 2. The number of hydrogen-bond donors (Lipinski definition) is 1. The summed E-state index contributed by atoms with van der Waals surface area (Å²) in [6.07, 6.45) is 1.83. The molecule has 1 unspecified atom stereocenters. The van der Waals surface area contributed by atoms with Crippen molar-refractivity contribution in [3.63, 3.8) is 0 Å². The van der Waals surface area contributed by atoms with Crippen molar-refractivity contribution in [1.82, 2.24) is 4.90 Å². The molecule has 0 saturated heterocycles. The van der Waals surface area contributed by atoms with Crippen LogP contribution in [0.25, 0.3) is 11.0 Å². The number of nitrogens with zero attached hydrogens (tertiary/aromatic N) is 1. The summed E-state index contributed by atoms with van der Waals surface area (Å²) in [7, 11) is -2.09. The topological polar surface area (TPSA) is 93.6 Å². The Morgan fingerprint density at radius 1 is 1.21 bits per heavy atom. The summed E-state index contributed by atoms with van der Waals surface area (Å²) in [6, 6.07) is 10.0. The standard InChI is InChI=1S/C21H24N2O4S/c1-13-8-9-19-17(12-27-21(19)14(13)2)11-20(24)23(4)15(3)16-6-5-7-18(10-16)28(22,25)26/h5-10,12,15H,11H2,1-4H3,(H2,22,25,26). The molecular weight excluding hydrogens is 376 g/mol. The third-order valence-electron chi connectivity index (χ3n) is 5.33. The molecular formula is C21H24N2O4S. The van der Waals surface area contributed by atoms with Gasteiger partial charge in [0.05, 0.1) is 23.6 Å². The third kappa shape index (κ3) is 3.81. The summed E-state index contributed by atoms with van der Waals surface area (Å²) < 4.78 is 28.9. The maximum absolute atomic E-state index is 12.8. The van der Waals surface area contributed by atoms with Crippen molar-refractivity contribution in [2.75, 3.05) is 7.05 Å². The van der Waals surface area contributed by atoms with Crippen LogP contribution in [0.4, 0.5) is 0 Å². The average Bonchev–Trinajstić information content (AvgIpc) is 3.06. The number of amides is 1. The minimum Gasteiger partial charge on any atom is -0.464 e. The van der Waals surface area contributed by atoms with Gasteiger partial charge in [-0.3, -0.25) is 4.79 Å². The Labute approximate surface area is 165 Å². The average molecular weight is 401 g/mol. The molecule has 3 aromatic rings. The quantitative estimate of drug-likeness (QED) is 0.710. The van der Waals surface area contributed by atoms with E-state index in [9.17, 15) is 13.2 Å². The number of fused-ring (bicyclic) bond motifs is 1. The van der Waals surface area contributed by atoms with Gasteiger partial charge >= 0.3 is 0 Å². The smallest absolute Gasteiger partial charge is 0.238 e. The minimum absolute atomic E-state index is 0.0318. The van der Waals surface area contributed by atoms with E-state index in [1.54, 1.807) is 30.3 Å². The molecule has 0 fully saturated rings. The van der Waals surface area contributed by atoms with Crippen molar-refractivity contribution in [2.45, 2.75) is 38.1 Å². The molecule has 0 bridgehead atoms. The summed E-state index contributed by atoms with van der Waals surface area (Å²) in [5.41, 5.74) is 4.55. The zero-order chi connectivity index (χ0) is 20.6. The molecule has 0 aliphatic heterocycles. The molecule has 0 spiro atoms. The van der Waals surface area contributed by atoms with Gasteiger partial charge in [-0.1, -0.05) is 24.3 Å². The zero-order valence-electron chi connectivity index (χ0n) is 16.4. The van der Waals surface area contributed by atoms with E-state index in [1.165, 1.54) is 12.1 Å². The van der Waals surface area contributed by atoms with Gasteiger partial charge in [0, 0.05) is 18.0 Å². The van der Waals surface area contributed by atoms with Crippen LogP contribution >= 0.6 is 0 Å². The molecule has 7 heteroatoms. The Kier molecular flexibility index (Phi) is 5.32. The van der Waals surface area contributed by atoms with E-state index in [2.05, 4.69) is 0 Å². The number of primary sulfonamides is 1. The molecule has 0 radical (unpaired) electrons. The number of sulfonamides is 1. The third-order valence-corrected chi connectivity index (χ3v) is 6.24. The Bertz CT molecular complexity index is 1150. The van der Waals surface area contributed by atoms with E-state index in [-0.39, 0.29) is 23.3 Å². The first-order valence-corrected chi connectivity index (χ1v) is 10.5. The maximum atomic E-state index is 12.8. The second-order valence-electron chi connectivity index (χ2n) is 7.12. The summed E-state index contributed by atoms with van der Waals surface area (Å²) in [6.45, 7) is 5.87. The predicted octanol–water partition coefficient (Wildman–Crippen LogP) is 3.46. The summed E-state index contributed by atoms with van der Waals surface area (Å²) in [5, 5.41) is 6.15. The van der Waals surface area contributed by atoms with Crippen LogP contribution in [0.2, 0.25) is 0 Å². The van der Waals surface area contributed by atoms with Gasteiger partial charge in [-0.15, -0.1) is 0 Å². The zero-order valence-corrected chi connectivity index (χ0v) is 17.2. The summed E-state index contributed by atoms with van der Waals surface area (Å²) in [4.78, 5) is 14.5. The van der Waals surface area contributed by atoms with Crippen LogP contribution in [0.5, 0.6) is 0 Å². The van der Waals surface area contributed by atoms with Gasteiger partial charge in [0.2, 0.25) is 15.9 Å². The van der Waals surface area contributed by atoms with Crippen molar-refractivity contribution in [2.24, 2.45) is 5.14 Å². The van der Waals surface area contributed by atoms with Crippen LogP contribution in [0.3, 0.4) is 0 Å². The number of furan rings is 1. The maximum Gasteiger partial charge on any atom is 0.238 e. The molecule has 148 valence electrons. The number of carbonyl (C=O) groups excluding carboxylic acids is 1. The molecule has 6 nitrogen and oxygen atoms in total. The van der Waals surface area contributed by atoms with Crippen molar-refractivity contribution >= 4 is 26.9 Å². The predicted molar refractivity (Wildman–Crippen MR) is 108 cm³/mol. The fourth-order valence-electron chi connectivity index (χ4n) is 3.20. The van der Waals surface area contributed by atoms with Crippen LogP contribution in [0.15, 0.2) is 52.0 Å². The van der Waals surface area contributed by atoms with Crippen LogP contribution in [0.1, 0.15) is 35.2 Å². The highest BCUT2D eigenvalue weighted by atomic mass is 32.2. The number of rotatable bonds is 5. The lowest BCUT2D eigenvalue weighted by atomic mass is 10.0. The lowest BCUT2D eigenvalue weighted by molar-refractivity contribution is -0.131. The first-order chi connectivity index (χ1) is 13.1. The molecule has 1 aromatic heterocycles. The number of hydrogen-bond acceptors (Lipinski definition) is 4. The van der Waals surface area contributed by atoms with Crippen molar-refractivity contribution in [1.29, 1.82) is 0 Å². The van der Waals surface area contributed by atoms with Crippen molar-refractivity contribution in [3.05, 3.63) is 64.9 Å². The van der Waals surface area contributed by atoms with Gasteiger partial charge in [0.25, 0.3) is 0 Å². The van der Waals surface area contributed by atoms with Gasteiger partial charge in [-0.05, 0) is 49.6 Å². The Morgan fingerprint density at radius 3 is 2.61 bits per heavy atom. The highest BCUT2D eigenvalue weighted by Crippen LogP contribution is 2.28. The molecule has 1 atom stereocenters. The molecule has 0 aliphatic rings.